The zero-order chi connectivity index (χ0) is 10.6. The first kappa shape index (κ1) is 12.0. The number of hydrogen-bond donors (Lipinski definition) is 0. The van der Waals surface area contributed by atoms with Gasteiger partial charge >= 0.3 is 0 Å². The highest BCUT2D eigenvalue weighted by Gasteiger charge is 2.16. The zero-order valence-corrected chi connectivity index (χ0v) is 10.2. The van der Waals surface area contributed by atoms with Gasteiger partial charge in [0.1, 0.15) is 0 Å². The van der Waals surface area contributed by atoms with E-state index in [1.807, 2.05) is 16.8 Å². The highest BCUT2D eigenvalue weighted by Crippen LogP contribution is 2.11. The Labute approximate surface area is 93.4 Å². The van der Waals surface area contributed by atoms with Crippen LogP contribution < -0.4 is 0 Å². The van der Waals surface area contributed by atoms with Gasteiger partial charge in [-0.1, -0.05) is 0 Å². The normalized spacial score (nSPS) is 12.2. The number of sulfonamides is 1. The van der Waals surface area contributed by atoms with Gasteiger partial charge in [0.15, 0.2) is 0 Å². The van der Waals surface area contributed by atoms with Crippen molar-refractivity contribution in [3.63, 3.8) is 0 Å². The maximum Gasteiger partial charge on any atom is 0.215 e. The molecule has 0 fully saturated rings. The summed E-state index contributed by atoms with van der Waals surface area (Å²) in [6.07, 6.45) is 0. The number of halogens is 1. The molecule has 0 N–H and O–H groups in total. The van der Waals surface area contributed by atoms with Crippen molar-refractivity contribution in [2.75, 3.05) is 18.7 Å². The van der Waals surface area contributed by atoms with Crippen LogP contribution in [0.15, 0.2) is 16.8 Å². The summed E-state index contributed by atoms with van der Waals surface area (Å²) in [7, 11) is -1.61. The monoisotopic (exact) mass is 253 g/mol. The molecule has 0 aromatic carbocycles. The molecule has 0 saturated carbocycles. The van der Waals surface area contributed by atoms with Crippen molar-refractivity contribution in [1.29, 1.82) is 0 Å². The number of thiophene rings is 1. The molecule has 1 aromatic rings. The van der Waals surface area contributed by atoms with E-state index in [0.29, 0.717) is 6.54 Å². The fraction of sp³-hybridized carbons (Fsp3) is 0.500. The number of alkyl halides is 1. The van der Waals surface area contributed by atoms with Crippen LogP contribution in [0.25, 0.3) is 0 Å². The first-order chi connectivity index (χ1) is 6.56. The van der Waals surface area contributed by atoms with Gasteiger partial charge in [0.05, 0.1) is 5.75 Å². The lowest BCUT2D eigenvalue weighted by atomic mass is 10.3. The minimum Gasteiger partial charge on any atom is -0.212 e. The molecule has 0 bridgehead atoms. The number of hydrogen-bond acceptors (Lipinski definition) is 3. The molecule has 0 atom stereocenters. The van der Waals surface area contributed by atoms with Crippen LogP contribution >= 0.6 is 22.9 Å². The van der Waals surface area contributed by atoms with E-state index < -0.39 is 10.0 Å². The van der Waals surface area contributed by atoms with Gasteiger partial charge in [-0.15, -0.1) is 11.6 Å². The summed E-state index contributed by atoms with van der Waals surface area (Å²) in [6.45, 7) is 0.419. The molecule has 0 aliphatic rings. The van der Waals surface area contributed by atoms with Crippen molar-refractivity contribution in [3.8, 4) is 0 Å². The molecular formula is C8H12ClNO2S2. The number of rotatable bonds is 5. The fourth-order valence-corrected chi connectivity index (χ4v) is 3.09. The van der Waals surface area contributed by atoms with E-state index in [0.717, 1.165) is 5.56 Å². The molecule has 6 heteroatoms. The van der Waals surface area contributed by atoms with Crippen LogP contribution in [0.5, 0.6) is 0 Å². The van der Waals surface area contributed by atoms with Crippen molar-refractivity contribution >= 4 is 33.0 Å². The molecule has 0 unspecified atom stereocenters. The third kappa shape index (κ3) is 3.24. The number of nitrogens with zero attached hydrogens (tertiary/aromatic N) is 1. The molecule has 0 spiro atoms. The maximum atomic E-state index is 11.5. The van der Waals surface area contributed by atoms with Crippen LogP contribution in [0.1, 0.15) is 5.56 Å². The predicted molar refractivity (Wildman–Crippen MR) is 60.3 cm³/mol. The predicted octanol–water partition coefficient (Wildman–Crippen LogP) is 1.75. The second-order valence-corrected chi connectivity index (χ2v) is 6.25. The van der Waals surface area contributed by atoms with Gasteiger partial charge in [-0.2, -0.15) is 11.3 Å². The summed E-state index contributed by atoms with van der Waals surface area (Å²) in [6, 6.07) is 1.91. The van der Waals surface area contributed by atoms with Gasteiger partial charge in [0.2, 0.25) is 10.0 Å². The van der Waals surface area contributed by atoms with Gasteiger partial charge in [-0.05, 0) is 22.4 Å². The van der Waals surface area contributed by atoms with Crippen LogP contribution in [0.2, 0.25) is 0 Å². The fourth-order valence-electron chi connectivity index (χ4n) is 0.991. The lowest BCUT2D eigenvalue weighted by Gasteiger charge is -2.15. The van der Waals surface area contributed by atoms with Gasteiger partial charge in [0, 0.05) is 19.5 Å². The first-order valence-corrected chi connectivity index (χ1v) is 7.16. The van der Waals surface area contributed by atoms with E-state index >= 15 is 0 Å². The summed E-state index contributed by atoms with van der Waals surface area (Å²) in [4.78, 5) is 0. The molecule has 0 amide bonds. The molecule has 1 rings (SSSR count). The van der Waals surface area contributed by atoms with Gasteiger partial charge in [-0.25, -0.2) is 12.7 Å². The molecule has 1 aromatic heterocycles. The molecule has 14 heavy (non-hydrogen) atoms. The SMILES string of the molecule is CN(Cc1ccsc1)S(=O)(=O)CCCl. The Balaban J connectivity index is 2.62. The summed E-state index contributed by atoms with van der Waals surface area (Å²) in [5.74, 6) is 0.130. The standard InChI is InChI=1S/C8H12ClNO2S2/c1-10(14(11,12)5-3-9)6-8-2-4-13-7-8/h2,4,7H,3,5-6H2,1H3. The summed E-state index contributed by atoms with van der Waals surface area (Å²) < 4.78 is 24.3. The average Bonchev–Trinajstić information content (AvgIpc) is 2.56. The Morgan fingerprint density at radius 3 is 2.79 bits per heavy atom. The van der Waals surface area contributed by atoms with E-state index in [4.69, 9.17) is 11.6 Å². The summed E-state index contributed by atoms with van der Waals surface area (Å²) in [5.41, 5.74) is 1.01. The highest BCUT2D eigenvalue weighted by molar-refractivity contribution is 7.89. The first-order valence-electron chi connectivity index (χ1n) is 4.07. The largest absolute Gasteiger partial charge is 0.215 e. The van der Waals surface area contributed by atoms with Crippen LogP contribution in [0.4, 0.5) is 0 Å². The minimum absolute atomic E-state index is 0.00477. The molecule has 3 nitrogen and oxygen atoms in total. The summed E-state index contributed by atoms with van der Waals surface area (Å²) in [5, 5.41) is 3.87. The Morgan fingerprint density at radius 2 is 2.29 bits per heavy atom. The molecule has 0 saturated heterocycles. The van der Waals surface area contributed by atoms with E-state index in [1.54, 1.807) is 18.4 Å². The van der Waals surface area contributed by atoms with Gasteiger partial charge < -0.3 is 0 Å². The second-order valence-electron chi connectivity index (χ2n) is 2.89. The summed E-state index contributed by atoms with van der Waals surface area (Å²) >= 11 is 6.97. The van der Waals surface area contributed by atoms with Crippen LogP contribution in [-0.2, 0) is 16.6 Å². The third-order valence-electron chi connectivity index (χ3n) is 1.80. The van der Waals surface area contributed by atoms with Crippen molar-refractivity contribution in [2.45, 2.75) is 6.54 Å². The van der Waals surface area contributed by atoms with E-state index in [-0.39, 0.29) is 11.6 Å². The Bertz CT molecular complexity index is 361. The van der Waals surface area contributed by atoms with Gasteiger partial charge in [-0.3, -0.25) is 0 Å². The Kier molecular flexibility index (Phi) is 4.37. The molecular weight excluding hydrogens is 242 g/mol. The second kappa shape index (κ2) is 5.11. The van der Waals surface area contributed by atoms with Crippen molar-refractivity contribution in [3.05, 3.63) is 22.4 Å². The van der Waals surface area contributed by atoms with Gasteiger partial charge in [0.25, 0.3) is 0 Å². The Hall–Kier alpha value is -0.100. The van der Waals surface area contributed by atoms with Crippen molar-refractivity contribution in [2.24, 2.45) is 0 Å². The third-order valence-corrected chi connectivity index (χ3v) is 4.74. The smallest absolute Gasteiger partial charge is 0.212 e. The lowest BCUT2D eigenvalue weighted by Crippen LogP contribution is -2.29. The average molecular weight is 254 g/mol. The highest BCUT2D eigenvalue weighted by atomic mass is 35.5. The minimum atomic E-state index is -3.18. The topological polar surface area (TPSA) is 37.4 Å². The van der Waals surface area contributed by atoms with Crippen LogP contribution in [0, 0.1) is 0 Å². The molecule has 0 aliphatic heterocycles. The zero-order valence-electron chi connectivity index (χ0n) is 7.81. The molecule has 80 valence electrons. The van der Waals surface area contributed by atoms with Crippen LogP contribution in [0.3, 0.4) is 0 Å². The quantitative estimate of drug-likeness (QED) is 0.750. The lowest BCUT2D eigenvalue weighted by molar-refractivity contribution is 0.468. The van der Waals surface area contributed by atoms with E-state index in [1.165, 1.54) is 4.31 Å². The molecule has 1 heterocycles. The Morgan fingerprint density at radius 1 is 1.57 bits per heavy atom. The molecule has 0 radical (unpaired) electrons. The van der Waals surface area contributed by atoms with Crippen molar-refractivity contribution in [1.82, 2.24) is 4.31 Å². The van der Waals surface area contributed by atoms with E-state index in [2.05, 4.69) is 0 Å². The maximum absolute atomic E-state index is 11.5. The van der Waals surface area contributed by atoms with Crippen molar-refractivity contribution < 1.29 is 8.42 Å². The van der Waals surface area contributed by atoms with E-state index in [9.17, 15) is 8.42 Å². The van der Waals surface area contributed by atoms with Crippen LogP contribution in [-0.4, -0.2) is 31.4 Å². The molecule has 0 aliphatic carbocycles.